The molecule has 1 aromatic carbocycles. The fourth-order valence-electron chi connectivity index (χ4n) is 1.38. The Morgan fingerprint density at radius 3 is 2.42 bits per heavy atom. The minimum atomic E-state index is -0.842. The molecule has 7 heteroatoms. The lowest BCUT2D eigenvalue weighted by Crippen LogP contribution is -2.30. The maximum absolute atomic E-state index is 13.6. The van der Waals surface area contributed by atoms with Crippen LogP contribution in [0.2, 0.25) is 0 Å². The number of amides is 1. The topological polar surface area (TPSA) is 67.2 Å². The van der Waals surface area contributed by atoms with E-state index in [-0.39, 0.29) is 28.7 Å². The van der Waals surface area contributed by atoms with E-state index in [4.69, 9.17) is 5.73 Å². The van der Waals surface area contributed by atoms with Gasteiger partial charge in [0.25, 0.3) is 0 Å². The fraction of sp³-hybridized carbons (Fsp3) is 0.333. The number of benzene rings is 1. The third-order valence-electron chi connectivity index (χ3n) is 2.32. The van der Waals surface area contributed by atoms with Crippen LogP contribution >= 0.6 is 12.2 Å². The minimum absolute atomic E-state index is 0.0926. The Balaban J connectivity index is 2.74. The van der Waals surface area contributed by atoms with Gasteiger partial charge in [0.05, 0.1) is 6.54 Å². The monoisotopic (exact) mass is 287 g/mol. The van der Waals surface area contributed by atoms with Crippen molar-refractivity contribution < 1.29 is 13.6 Å². The molecule has 104 valence electrons. The second-order valence-electron chi connectivity index (χ2n) is 3.88. The summed E-state index contributed by atoms with van der Waals surface area (Å²) in [6, 6.07) is 2.05. The van der Waals surface area contributed by atoms with E-state index in [0.717, 1.165) is 18.6 Å². The molecule has 0 aromatic heterocycles. The summed E-state index contributed by atoms with van der Waals surface area (Å²) in [4.78, 5) is 11.2. The molecule has 0 fully saturated rings. The number of halogens is 2. The highest BCUT2D eigenvalue weighted by atomic mass is 32.1. The lowest BCUT2D eigenvalue weighted by molar-refractivity contribution is -0.119. The van der Waals surface area contributed by atoms with Crippen LogP contribution in [-0.2, 0) is 4.79 Å². The fourth-order valence-corrected chi connectivity index (χ4v) is 1.50. The Kier molecular flexibility index (Phi) is 5.62. The van der Waals surface area contributed by atoms with Crippen molar-refractivity contribution in [1.82, 2.24) is 5.32 Å². The predicted molar refractivity (Wildman–Crippen MR) is 74.0 cm³/mol. The van der Waals surface area contributed by atoms with Gasteiger partial charge >= 0.3 is 0 Å². The van der Waals surface area contributed by atoms with Gasteiger partial charge in [-0.25, -0.2) is 8.78 Å². The normalized spacial score (nSPS) is 10.1. The first kappa shape index (κ1) is 15.3. The van der Waals surface area contributed by atoms with Gasteiger partial charge in [0.1, 0.15) is 22.3 Å². The van der Waals surface area contributed by atoms with Crippen molar-refractivity contribution in [2.45, 2.75) is 13.3 Å². The summed E-state index contributed by atoms with van der Waals surface area (Å²) >= 11 is 4.64. The van der Waals surface area contributed by atoms with E-state index >= 15 is 0 Å². The zero-order chi connectivity index (χ0) is 14.4. The third kappa shape index (κ3) is 4.44. The summed E-state index contributed by atoms with van der Waals surface area (Å²) < 4.78 is 27.2. The second-order valence-corrected chi connectivity index (χ2v) is 4.32. The van der Waals surface area contributed by atoms with Crippen molar-refractivity contribution in [3.63, 3.8) is 0 Å². The predicted octanol–water partition coefficient (Wildman–Crippen LogP) is 1.54. The molecule has 1 amide bonds. The summed E-state index contributed by atoms with van der Waals surface area (Å²) in [6.07, 6.45) is 0.789. The SMILES string of the molecule is CCCNC(=O)CNc1c(F)cc(C(N)=S)cc1F. The number of anilines is 1. The highest BCUT2D eigenvalue weighted by Crippen LogP contribution is 2.20. The molecule has 0 radical (unpaired) electrons. The average molecular weight is 287 g/mol. The van der Waals surface area contributed by atoms with Crippen LogP contribution in [0.15, 0.2) is 12.1 Å². The number of hydrogen-bond acceptors (Lipinski definition) is 3. The van der Waals surface area contributed by atoms with E-state index in [9.17, 15) is 13.6 Å². The number of carbonyl (C=O) groups excluding carboxylic acids is 1. The number of carbonyl (C=O) groups is 1. The molecule has 0 heterocycles. The quantitative estimate of drug-likeness (QED) is 0.694. The van der Waals surface area contributed by atoms with Crippen molar-refractivity contribution in [3.05, 3.63) is 29.3 Å². The van der Waals surface area contributed by atoms with Gasteiger partial charge < -0.3 is 16.4 Å². The largest absolute Gasteiger partial charge is 0.389 e. The first-order valence-electron chi connectivity index (χ1n) is 5.75. The summed E-state index contributed by atoms with van der Waals surface area (Å²) in [5.41, 5.74) is 5.03. The molecular weight excluding hydrogens is 272 g/mol. The minimum Gasteiger partial charge on any atom is -0.389 e. The van der Waals surface area contributed by atoms with Gasteiger partial charge in [-0.15, -0.1) is 0 Å². The standard InChI is InChI=1S/C12H15F2N3OS/c1-2-3-16-10(18)6-17-11-8(13)4-7(12(15)19)5-9(11)14/h4-5,17H,2-3,6H2,1H3,(H2,15,19)(H,16,18). The lowest BCUT2D eigenvalue weighted by Gasteiger charge is -2.10. The van der Waals surface area contributed by atoms with Crippen LogP contribution < -0.4 is 16.4 Å². The van der Waals surface area contributed by atoms with E-state index < -0.39 is 11.6 Å². The Bertz CT molecular complexity index is 471. The summed E-state index contributed by atoms with van der Waals surface area (Å²) in [5, 5.41) is 4.99. The van der Waals surface area contributed by atoms with Gasteiger partial charge in [-0.3, -0.25) is 4.79 Å². The van der Waals surface area contributed by atoms with E-state index in [1.807, 2.05) is 6.92 Å². The van der Waals surface area contributed by atoms with Gasteiger partial charge in [0.15, 0.2) is 0 Å². The Hall–Kier alpha value is -1.76. The molecule has 1 aromatic rings. The molecule has 0 unspecified atom stereocenters. The van der Waals surface area contributed by atoms with Crippen molar-refractivity contribution in [2.75, 3.05) is 18.4 Å². The molecule has 4 N–H and O–H groups in total. The number of nitrogens with one attached hydrogen (secondary N) is 2. The van der Waals surface area contributed by atoms with E-state index in [2.05, 4.69) is 22.9 Å². The van der Waals surface area contributed by atoms with Gasteiger partial charge in [-0.05, 0) is 18.6 Å². The van der Waals surface area contributed by atoms with Gasteiger partial charge in [0, 0.05) is 12.1 Å². The number of thiocarbonyl (C=S) groups is 1. The molecule has 4 nitrogen and oxygen atoms in total. The Morgan fingerprint density at radius 2 is 1.95 bits per heavy atom. The molecule has 0 atom stereocenters. The van der Waals surface area contributed by atoms with Crippen molar-refractivity contribution in [3.8, 4) is 0 Å². The van der Waals surface area contributed by atoms with Crippen LogP contribution in [-0.4, -0.2) is 24.0 Å². The molecule has 0 spiro atoms. The first-order chi connectivity index (χ1) is 8.95. The lowest BCUT2D eigenvalue weighted by atomic mass is 10.2. The van der Waals surface area contributed by atoms with Crippen LogP contribution in [0, 0.1) is 11.6 Å². The van der Waals surface area contributed by atoms with Crippen molar-refractivity contribution in [2.24, 2.45) is 5.73 Å². The van der Waals surface area contributed by atoms with Crippen LogP contribution in [0.4, 0.5) is 14.5 Å². The van der Waals surface area contributed by atoms with Crippen LogP contribution in [0.3, 0.4) is 0 Å². The summed E-state index contributed by atoms with van der Waals surface area (Å²) in [7, 11) is 0. The first-order valence-corrected chi connectivity index (χ1v) is 6.16. The molecule has 0 aliphatic heterocycles. The van der Waals surface area contributed by atoms with Gasteiger partial charge in [-0.1, -0.05) is 19.1 Å². The summed E-state index contributed by atoms with van der Waals surface area (Å²) in [6.45, 7) is 2.22. The molecule has 1 rings (SSSR count). The summed E-state index contributed by atoms with van der Waals surface area (Å²) in [5.74, 6) is -2.02. The van der Waals surface area contributed by atoms with Crippen molar-refractivity contribution >= 4 is 28.8 Å². The van der Waals surface area contributed by atoms with E-state index in [0.29, 0.717) is 6.54 Å². The number of nitrogens with two attached hydrogens (primary N) is 1. The van der Waals surface area contributed by atoms with E-state index in [1.165, 1.54) is 0 Å². The maximum atomic E-state index is 13.6. The highest BCUT2D eigenvalue weighted by molar-refractivity contribution is 7.80. The van der Waals surface area contributed by atoms with Crippen molar-refractivity contribution in [1.29, 1.82) is 0 Å². The number of rotatable bonds is 6. The third-order valence-corrected chi connectivity index (χ3v) is 2.56. The molecule has 0 aliphatic carbocycles. The smallest absolute Gasteiger partial charge is 0.239 e. The Morgan fingerprint density at radius 1 is 1.37 bits per heavy atom. The number of hydrogen-bond donors (Lipinski definition) is 3. The molecule has 0 saturated carbocycles. The van der Waals surface area contributed by atoms with E-state index in [1.54, 1.807) is 0 Å². The highest BCUT2D eigenvalue weighted by Gasteiger charge is 2.13. The van der Waals surface area contributed by atoms with Crippen LogP contribution in [0.5, 0.6) is 0 Å². The zero-order valence-corrected chi connectivity index (χ0v) is 11.2. The molecular formula is C12H15F2N3OS. The van der Waals surface area contributed by atoms with Crippen LogP contribution in [0.25, 0.3) is 0 Å². The molecule has 0 aliphatic rings. The maximum Gasteiger partial charge on any atom is 0.239 e. The Labute approximate surface area is 115 Å². The van der Waals surface area contributed by atoms with Gasteiger partial charge in [0.2, 0.25) is 5.91 Å². The zero-order valence-electron chi connectivity index (χ0n) is 10.4. The van der Waals surface area contributed by atoms with Gasteiger partial charge in [-0.2, -0.15) is 0 Å². The molecule has 19 heavy (non-hydrogen) atoms. The second kappa shape index (κ2) is 6.98. The molecule has 0 saturated heterocycles. The average Bonchev–Trinajstić information content (AvgIpc) is 2.34. The molecule has 0 bridgehead atoms. The van der Waals surface area contributed by atoms with Crippen LogP contribution in [0.1, 0.15) is 18.9 Å².